The van der Waals surface area contributed by atoms with E-state index in [4.69, 9.17) is 5.11 Å². The molecule has 1 aliphatic carbocycles. The number of carbonyl (C=O) groups is 3. The zero-order valence-corrected chi connectivity index (χ0v) is 17.9. The number of aryl methyl sites for hydroxylation is 2. The fourth-order valence-corrected chi connectivity index (χ4v) is 3.99. The van der Waals surface area contributed by atoms with E-state index in [0.29, 0.717) is 29.8 Å². The Morgan fingerprint density at radius 3 is 2.52 bits per heavy atom. The highest BCUT2D eigenvalue weighted by Gasteiger charge is 2.25. The predicted octanol–water partition coefficient (Wildman–Crippen LogP) is 4.16. The Labute approximate surface area is 191 Å². The van der Waals surface area contributed by atoms with Crippen LogP contribution in [0.25, 0.3) is 0 Å². The van der Waals surface area contributed by atoms with Crippen LogP contribution in [0.5, 0.6) is 0 Å². The number of benzene rings is 2. The normalized spacial score (nSPS) is 14.2. The highest BCUT2D eigenvalue weighted by Crippen LogP contribution is 2.32. The number of nitrogens with one attached hydrogen (secondary N) is 3. The molecule has 0 fully saturated rings. The molecule has 0 aliphatic heterocycles. The maximum Gasteiger partial charge on any atom is 0.409 e. The van der Waals surface area contributed by atoms with Crippen LogP contribution in [-0.4, -0.2) is 28.0 Å². The Bertz CT molecular complexity index is 1180. The first-order valence-corrected chi connectivity index (χ1v) is 10.7. The molecule has 0 saturated heterocycles. The molecule has 168 valence electrons. The number of fused-ring (bicyclic) bond motifs is 1. The van der Waals surface area contributed by atoms with Gasteiger partial charge in [-0.25, -0.2) is 4.79 Å². The number of aromatic nitrogens is 1. The van der Waals surface area contributed by atoms with Crippen LogP contribution in [0.2, 0.25) is 0 Å². The Kier molecular flexibility index (Phi) is 6.64. The first-order chi connectivity index (χ1) is 16.0. The number of pyridine rings is 1. The lowest BCUT2D eigenvalue weighted by molar-refractivity contribution is -0.121. The lowest BCUT2D eigenvalue weighted by Gasteiger charge is -2.15. The van der Waals surface area contributed by atoms with Crippen LogP contribution >= 0.6 is 0 Å². The Morgan fingerprint density at radius 2 is 1.79 bits per heavy atom. The van der Waals surface area contributed by atoms with Crippen LogP contribution in [0.15, 0.2) is 67.0 Å². The summed E-state index contributed by atoms with van der Waals surface area (Å²) in [6.45, 7) is 0. The minimum Gasteiger partial charge on any atom is -0.465 e. The molecule has 3 aromatic rings. The summed E-state index contributed by atoms with van der Waals surface area (Å²) in [4.78, 5) is 40.2. The zero-order chi connectivity index (χ0) is 23.2. The summed E-state index contributed by atoms with van der Waals surface area (Å²) in [6, 6.07) is 15.8. The number of anilines is 2. The Balaban J connectivity index is 1.39. The van der Waals surface area contributed by atoms with Crippen LogP contribution in [0.3, 0.4) is 0 Å². The van der Waals surface area contributed by atoms with E-state index in [-0.39, 0.29) is 17.9 Å². The van der Waals surface area contributed by atoms with Gasteiger partial charge in [0.15, 0.2) is 0 Å². The molecule has 2 aromatic carbocycles. The van der Waals surface area contributed by atoms with Crippen molar-refractivity contribution in [1.82, 2.24) is 10.3 Å². The van der Waals surface area contributed by atoms with Crippen molar-refractivity contribution >= 4 is 29.3 Å². The molecule has 0 saturated carbocycles. The Morgan fingerprint density at radius 1 is 1.00 bits per heavy atom. The SMILES string of the molecule is O=C(O)Nc1ccccc1NC(=O)c1ccc2c(c1)CCC2NC(=O)CCc1cccnc1. The number of rotatable bonds is 7. The van der Waals surface area contributed by atoms with E-state index < -0.39 is 6.09 Å². The molecule has 3 amide bonds. The van der Waals surface area contributed by atoms with Gasteiger partial charge in [-0.15, -0.1) is 0 Å². The maximum absolute atomic E-state index is 12.8. The summed E-state index contributed by atoms with van der Waals surface area (Å²) >= 11 is 0. The average Bonchev–Trinajstić information content (AvgIpc) is 3.21. The second kappa shape index (κ2) is 9.95. The van der Waals surface area contributed by atoms with Gasteiger partial charge >= 0.3 is 6.09 Å². The fourth-order valence-electron chi connectivity index (χ4n) is 3.99. The van der Waals surface area contributed by atoms with Gasteiger partial charge in [-0.1, -0.05) is 24.3 Å². The van der Waals surface area contributed by atoms with Gasteiger partial charge in [-0.05, 0) is 66.3 Å². The minimum absolute atomic E-state index is 0.0129. The van der Waals surface area contributed by atoms with E-state index in [0.717, 1.165) is 29.5 Å². The summed E-state index contributed by atoms with van der Waals surface area (Å²) in [5.74, 6) is -0.345. The summed E-state index contributed by atoms with van der Waals surface area (Å²) in [6.07, 6.45) is 4.84. The molecule has 1 aromatic heterocycles. The molecule has 0 bridgehead atoms. The van der Waals surface area contributed by atoms with Crippen molar-refractivity contribution in [2.45, 2.75) is 31.7 Å². The van der Waals surface area contributed by atoms with E-state index in [1.54, 1.807) is 42.7 Å². The van der Waals surface area contributed by atoms with Crippen molar-refractivity contribution in [2.24, 2.45) is 0 Å². The lowest BCUT2D eigenvalue weighted by atomic mass is 10.0. The molecule has 1 atom stereocenters. The maximum atomic E-state index is 12.8. The van der Waals surface area contributed by atoms with E-state index in [1.807, 2.05) is 24.3 Å². The number of carboxylic acid groups (broad SMARTS) is 1. The Hall–Kier alpha value is -4.20. The number of hydrogen-bond donors (Lipinski definition) is 4. The smallest absolute Gasteiger partial charge is 0.409 e. The van der Waals surface area contributed by atoms with Crippen LogP contribution < -0.4 is 16.0 Å². The first kappa shape index (κ1) is 22.0. The fraction of sp³-hybridized carbons (Fsp3) is 0.200. The number of amides is 3. The molecule has 1 aliphatic rings. The molecular weight excluding hydrogens is 420 g/mol. The third-order valence-corrected chi connectivity index (χ3v) is 5.60. The van der Waals surface area contributed by atoms with Gasteiger partial charge in [-0.3, -0.25) is 19.9 Å². The highest BCUT2D eigenvalue weighted by atomic mass is 16.4. The zero-order valence-electron chi connectivity index (χ0n) is 17.9. The van der Waals surface area contributed by atoms with Crippen molar-refractivity contribution in [2.75, 3.05) is 10.6 Å². The van der Waals surface area contributed by atoms with Crippen LogP contribution in [0.1, 0.15) is 45.9 Å². The molecular formula is C25H24N4O4. The van der Waals surface area contributed by atoms with E-state index in [9.17, 15) is 14.4 Å². The lowest BCUT2D eigenvalue weighted by Crippen LogP contribution is -2.27. The van der Waals surface area contributed by atoms with Crippen molar-refractivity contribution in [3.8, 4) is 0 Å². The van der Waals surface area contributed by atoms with Gasteiger partial charge in [0, 0.05) is 24.4 Å². The minimum atomic E-state index is -1.21. The summed E-state index contributed by atoms with van der Waals surface area (Å²) in [5, 5.41) is 17.1. The molecule has 0 spiro atoms. The average molecular weight is 444 g/mol. The van der Waals surface area contributed by atoms with Crippen LogP contribution in [0.4, 0.5) is 16.2 Å². The topological polar surface area (TPSA) is 120 Å². The monoisotopic (exact) mass is 444 g/mol. The number of hydrogen-bond acceptors (Lipinski definition) is 4. The van der Waals surface area contributed by atoms with Crippen molar-refractivity contribution in [3.05, 3.63) is 89.2 Å². The molecule has 0 radical (unpaired) electrons. The summed E-state index contributed by atoms with van der Waals surface area (Å²) in [7, 11) is 0. The summed E-state index contributed by atoms with van der Waals surface area (Å²) in [5.41, 5.74) is 4.22. The quantitative estimate of drug-likeness (QED) is 0.436. The second-order valence-corrected chi connectivity index (χ2v) is 7.86. The third-order valence-electron chi connectivity index (χ3n) is 5.60. The van der Waals surface area contributed by atoms with Crippen molar-refractivity contribution < 1.29 is 19.5 Å². The van der Waals surface area contributed by atoms with E-state index in [2.05, 4.69) is 20.9 Å². The van der Waals surface area contributed by atoms with Gasteiger partial charge in [0.25, 0.3) is 5.91 Å². The van der Waals surface area contributed by atoms with E-state index >= 15 is 0 Å². The van der Waals surface area contributed by atoms with Gasteiger partial charge in [0.1, 0.15) is 0 Å². The van der Waals surface area contributed by atoms with Crippen molar-refractivity contribution in [3.63, 3.8) is 0 Å². The highest BCUT2D eigenvalue weighted by molar-refractivity contribution is 6.07. The molecule has 4 rings (SSSR count). The van der Waals surface area contributed by atoms with Gasteiger partial charge in [0.05, 0.1) is 17.4 Å². The first-order valence-electron chi connectivity index (χ1n) is 10.7. The molecule has 33 heavy (non-hydrogen) atoms. The third kappa shape index (κ3) is 5.54. The second-order valence-electron chi connectivity index (χ2n) is 7.86. The van der Waals surface area contributed by atoms with E-state index in [1.165, 1.54) is 0 Å². The van der Waals surface area contributed by atoms with Crippen LogP contribution in [0, 0.1) is 0 Å². The number of carbonyl (C=O) groups excluding carboxylic acids is 2. The van der Waals surface area contributed by atoms with Gasteiger partial charge in [-0.2, -0.15) is 0 Å². The number of para-hydroxylation sites is 2. The largest absolute Gasteiger partial charge is 0.465 e. The standard InChI is InChI=1S/C25H24N4O4/c30-23(12-7-16-4-3-13-26-15-16)27-20-11-9-17-14-18(8-10-19(17)20)24(31)28-21-5-1-2-6-22(21)29-25(32)33/h1-6,8,10,13-15,20,29H,7,9,11-12H2,(H,27,30)(H,28,31)(H,32,33). The number of nitrogens with zero attached hydrogens (tertiary/aromatic N) is 1. The van der Waals surface area contributed by atoms with Crippen molar-refractivity contribution in [1.29, 1.82) is 0 Å². The summed E-state index contributed by atoms with van der Waals surface area (Å²) < 4.78 is 0. The predicted molar refractivity (Wildman–Crippen MR) is 124 cm³/mol. The molecule has 1 unspecified atom stereocenters. The molecule has 8 nitrogen and oxygen atoms in total. The van der Waals surface area contributed by atoms with Crippen LogP contribution in [-0.2, 0) is 17.6 Å². The molecule has 8 heteroatoms. The van der Waals surface area contributed by atoms with Gasteiger partial charge < -0.3 is 15.7 Å². The molecule has 1 heterocycles. The van der Waals surface area contributed by atoms with Gasteiger partial charge in [0.2, 0.25) is 5.91 Å². The molecule has 4 N–H and O–H groups in total.